The molecule has 59 valence electrons. The third kappa shape index (κ3) is 2.10. The largest absolute Gasteiger partial charge is 0.508 e. The molecule has 0 bridgehead atoms. The Bertz CT molecular complexity index is 253. The number of phenolic OH excluding ortho intramolecular Hbond substituents is 1. The molecule has 0 saturated carbocycles. The molecular weight excluding hydrogens is 164 g/mol. The van der Waals surface area contributed by atoms with E-state index in [-0.39, 0.29) is 5.75 Å². The lowest BCUT2D eigenvalue weighted by Crippen LogP contribution is -2.11. The van der Waals surface area contributed by atoms with Gasteiger partial charge < -0.3 is 10.2 Å². The second-order valence-electron chi connectivity index (χ2n) is 2.31. The third-order valence-corrected chi connectivity index (χ3v) is 1.51. The van der Waals surface area contributed by atoms with E-state index in [1.54, 1.807) is 12.1 Å². The summed E-state index contributed by atoms with van der Waals surface area (Å²) >= 11 is 5.46. The third-order valence-electron chi connectivity index (χ3n) is 1.29. The number of rotatable bonds is 1. The minimum atomic E-state index is -1.65. The van der Waals surface area contributed by atoms with E-state index in [0.29, 0.717) is 5.56 Å². The molecule has 0 spiro atoms. The summed E-state index contributed by atoms with van der Waals surface area (Å²) in [7, 11) is 0. The van der Waals surface area contributed by atoms with Crippen LogP contribution in [0, 0.1) is 6.92 Å². The Kier molecular flexibility index (Phi) is 2.07. The van der Waals surface area contributed by atoms with E-state index in [9.17, 15) is 0 Å². The van der Waals surface area contributed by atoms with Gasteiger partial charge in [0.25, 0.3) is 0 Å². The summed E-state index contributed by atoms with van der Waals surface area (Å²) in [6, 6.07) is 6.02. The number of aromatic hydroxyl groups is 1. The van der Waals surface area contributed by atoms with Gasteiger partial charge in [0, 0.05) is 5.56 Å². The Morgan fingerprint density at radius 3 is 2.45 bits per heavy atom. The van der Waals surface area contributed by atoms with Crippen LogP contribution in [-0.2, 0) is 5.06 Å². The number of hydrogen-bond acceptors (Lipinski definition) is 2. The van der Waals surface area contributed by atoms with Crippen LogP contribution in [-0.4, -0.2) is 10.2 Å². The topological polar surface area (TPSA) is 40.5 Å². The molecular formula is C8H8ClO2. The first-order chi connectivity index (χ1) is 5.00. The van der Waals surface area contributed by atoms with Crippen molar-refractivity contribution in [3.05, 3.63) is 36.8 Å². The number of hydrogen-bond donors (Lipinski definition) is 2. The molecule has 0 aromatic heterocycles. The maximum atomic E-state index is 9.16. The highest BCUT2D eigenvalue weighted by molar-refractivity contribution is 6.23. The summed E-state index contributed by atoms with van der Waals surface area (Å²) in [6.45, 7) is 3.29. The van der Waals surface area contributed by atoms with Gasteiger partial charge in [-0.1, -0.05) is 23.7 Å². The van der Waals surface area contributed by atoms with E-state index < -0.39 is 5.06 Å². The summed E-state index contributed by atoms with van der Waals surface area (Å²) in [4.78, 5) is 0. The first-order valence-corrected chi connectivity index (χ1v) is 3.44. The number of phenols is 1. The smallest absolute Gasteiger partial charge is 0.164 e. The summed E-state index contributed by atoms with van der Waals surface area (Å²) in [5.41, 5.74) is 0.374. The van der Waals surface area contributed by atoms with Crippen LogP contribution in [0.5, 0.6) is 5.75 Å². The summed E-state index contributed by atoms with van der Waals surface area (Å²) in [6.07, 6.45) is 0. The Morgan fingerprint density at radius 2 is 2.09 bits per heavy atom. The fourth-order valence-electron chi connectivity index (χ4n) is 0.744. The highest BCUT2D eigenvalue weighted by Gasteiger charge is 2.18. The predicted molar refractivity (Wildman–Crippen MR) is 43.2 cm³/mol. The van der Waals surface area contributed by atoms with E-state index in [1.807, 2.05) is 0 Å². The zero-order chi connectivity index (χ0) is 8.48. The van der Waals surface area contributed by atoms with Crippen LogP contribution in [0.2, 0.25) is 0 Å². The number of aliphatic hydroxyl groups is 1. The SMILES string of the molecule is [CH2]C(O)(Cl)c1cccc(O)c1. The average molecular weight is 172 g/mol. The van der Waals surface area contributed by atoms with Crippen molar-refractivity contribution in [2.75, 3.05) is 0 Å². The van der Waals surface area contributed by atoms with Crippen molar-refractivity contribution in [2.24, 2.45) is 0 Å². The van der Waals surface area contributed by atoms with Crippen LogP contribution >= 0.6 is 11.6 Å². The predicted octanol–water partition coefficient (Wildman–Crippen LogP) is 1.61. The van der Waals surface area contributed by atoms with Gasteiger partial charge in [-0.3, -0.25) is 0 Å². The molecule has 0 aliphatic heterocycles. The molecule has 0 heterocycles. The molecule has 1 radical (unpaired) electrons. The zero-order valence-corrected chi connectivity index (χ0v) is 6.54. The fraction of sp³-hybridized carbons (Fsp3) is 0.125. The molecule has 0 aliphatic carbocycles. The number of alkyl halides is 1. The van der Waals surface area contributed by atoms with Gasteiger partial charge in [0.05, 0.1) is 0 Å². The number of benzene rings is 1. The van der Waals surface area contributed by atoms with Crippen molar-refractivity contribution in [2.45, 2.75) is 5.06 Å². The van der Waals surface area contributed by atoms with E-state index in [4.69, 9.17) is 21.8 Å². The van der Waals surface area contributed by atoms with Crippen molar-refractivity contribution in [1.29, 1.82) is 0 Å². The fourth-order valence-corrected chi connectivity index (χ4v) is 0.862. The van der Waals surface area contributed by atoms with E-state index in [2.05, 4.69) is 6.92 Å². The minimum absolute atomic E-state index is 0.0604. The standard InChI is InChI=1S/C8H8ClO2/c1-8(9,11)6-3-2-4-7(10)5-6/h2-5,10-11H,1H2. The lowest BCUT2D eigenvalue weighted by atomic mass is 10.1. The zero-order valence-electron chi connectivity index (χ0n) is 5.79. The highest BCUT2D eigenvalue weighted by Crippen LogP contribution is 2.26. The Hall–Kier alpha value is -0.730. The summed E-state index contributed by atoms with van der Waals surface area (Å²) in [5, 5.41) is 16.5. The first-order valence-electron chi connectivity index (χ1n) is 3.06. The molecule has 1 aromatic rings. The van der Waals surface area contributed by atoms with Gasteiger partial charge in [-0.25, -0.2) is 0 Å². The van der Waals surface area contributed by atoms with Gasteiger partial charge in [0.15, 0.2) is 5.06 Å². The van der Waals surface area contributed by atoms with Crippen molar-refractivity contribution in [3.8, 4) is 5.75 Å². The van der Waals surface area contributed by atoms with Gasteiger partial charge in [0.2, 0.25) is 0 Å². The molecule has 1 aromatic carbocycles. The van der Waals surface area contributed by atoms with E-state index in [1.165, 1.54) is 12.1 Å². The molecule has 0 fully saturated rings. The van der Waals surface area contributed by atoms with Crippen molar-refractivity contribution in [1.82, 2.24) is 0 Å². The van der Waals surface area contributed by atoms with Crippen molar-refractivity contribution < 1.29 is 10.2 Å². The van der Waals surface area contributed by atoms with Crippen LogP contribution in [0.4, 0.5) is 0 Å². The van der Waals surface area contributed by atoms with E-state index >= 15 is 0 Å². The van der Waals surface area contributed by atoms with Crippen LogP contribution in [0.1, 0.15) is 5.56 Å². The Morgan fingerprint density at radius 1 is 1.45 bits per heavy atom. The van der Waals surface area contributed by atoms with Crippen LogP contribution < -0.4 is 0 Å². The Balaban J connectivity index is 3.06. The van der Waals surface area contributed by atoms with E-state index in [0.717, 1.165) is 0 Å². The van der Waals surface area contributed by atoms with Crippen LogP contribution in [0.25, 0.3) is 0 Å². The molecule has 0 aliphatic rings. The maximum absolute atomic E-state index is 9.16. The monoisotopic (exact) mass is 171 g/mol. The number of halogens is 1. The molecule has 11 heavy (non-hydrogen) atoms. The second kappa shape index (κ2) is 2.72. The van der Waals surface area contributed by atoms with Gasteiger partial charge >= 0.3 is 0 Å². The van der Waals surface area contributed by atoms with Crippen molar-refractivity contribution in [3.63, 3.8) is 0 Å². The average Bonchev–Trinajstić information content (AvgIpc) is 1.86. The molecule has 1 unspecified atom stereocenters. The normalized spacial score (nSPS) is 15.9. The van der Waals surface area contributed by atoms with Gasteiger partial charge in [-0.15, -0.1) is 0 Å². The van der Waals surface area contributed by atoms with Gasteiger partial charge in [-0.05, 0) is 19.1 Å². The van der Waals surface area contributed by atoms with Gasteiger partial charge in [0.1, 0.15) is 5.75 Å². The summed E-state index contributed by atoms with van der Waals surface area (Å²) < 4.78 is 0. The highest BCUT2D eigenvalue weighted by atomic mass is 35.5. The van der Waals surface area contributed by atoms with Crippen LogP contribution in [0.15, 0.2) is 24.3 Å². The Labute approximate surface area is 70.1 Å². The molecule has 3 heteroatoms. The molecule has 2 nitrogen and oxygen atoms in total. The molecule has 0 amide bonds. The second-order valence-corrected chi connectivity index (χ2v) is 2.93. The molecule has 1 atom stereocenters. The molecule has 0 saturated heterocycles. The quantitative estimate of drug-likeness (QED) is 0.631. The van der Waals surface area contributed by atoms with Crippen molar-refractivity contribution >= 4 is 11.6 Å². The molecule has 1 rings (SSSR count). The lowest BCUT2D eigenvalue weighted by molar-refractivity contribution is 0.178. The molecule has 2 N–H and O–H groups in total. The minimum Gasteiger partial charge on any atom is -0.508 e. The maximum Gasteiger partial charge on any atom is 0.164 e. The summed E-state index contributed by atoms with van der Waals surface area (Å²) in [5.74, 6) is 0.0604. The van der Waals surface area contributed by atoms with Crippen LogP contribution in [0.3, 0.4) is 0 Å². The first kappa shape index (κ1) is 8.37. The lowest BCUT2D eigenvalue weighted by Gasteiger charge is -2.14. The van der Waals surface area contributed by atoms with Gasteiger partial charge in [-0.2, -0.15) is 0 Å².